The molecule has 2 N–H and O–H groups in total. The fourth-order valence-corrected chi connectivity index (χ4v) is 4.22. The van der Waals surface area contributed by atoms with E-state index < -0.39 is 15.4 Å². The summed E-state index contributed by atoms with van der Waals surface area (Å²) in [6.07, 6.45) is 16.7. The molecule has 152 valence electrons. The van der Waals surface area contributed by atoms with Crippen LogP contribution in [0.2, 0.25) is 0 Å². The van der Waals surface area contributed by atoms with E-state index in [9.17, 15) is 18.1 Å². The van der Waals surface area contributed by atoms with Crippen LogP contribution < -0.4 is 0 Å². The Kier molecular flexibility index (Phi) is 16.0. The predicted octanol–water partition coefficient (Wildman–Crippen LogP) is 5.89. The Morgan fingerprint density at radius 3 is 1.40 bits per heavy atom. The van der Waals surface area contributed by atoms with Gasteiger partial charge >= 0.3 is 0 Å². The monoisotopic (exact) mass is 378 g/mol. The Hall–Kier alpha value is -0.130. The smallest absolute Gasteiger partial charge is 0.267 e. The maximum Gasteiger partial charge on any atom is 0.267 e. The van der Waals surface area contributed by atoms with Gasteiger partial charge in [-0.2, -0.15) is 8.42 Å². The SMILES string of the molecule is CCCCCC(CCCCCCCCCCCCC(C)O)S(=O)(=O)O. The third-order valence-electron chi connectivity index (χ3n) is 4.95. The lowest BCUT2D eigenvalue weighted by atomic mass is 10.0. The first kappa shape index (κ1) is 24.9. The third kappa shape index (κ3) is 17.1. The van der Waals surface area contributed by atoms with Gasteiger partial charge in [-0.25, -0.2) is 0 Å². The van der Waals surface area contributed by atoms with Crippen molar-refractivity contribution in [1.82, 2.24) is 0 Å². The van der Waals surface area contributed by atoms with Gasteiger partial charge in [-0.15, -0.1) is 0 Å². The maximum atomic E-state index is 11.4. The van der Waals surface area contributed by atoms with E-state index in [0.717, 1.165) is 51.4 Å². The van der Waals surface area contributed by atoms with E-state index in [1.54, 1.807) is 0 Å². The van der Waals surface area contributed by atoms with E-state index in [2.05, 4.69) is 6.92 Å². The topological polar surface area (TPSA) is 74.6 Å². The van der Waals surface area contributed by atoms with Crippen LogP contribution >= 0.6 is 0 Å². The first-order valence-electron chi connectivity index (χ1n) is 10.5. The molecule has 0 spiro atoms. The van der Waals surface area contributed by atoms with Gasteiger partial charge in [0, 0.05) is 0 Å². The van der Waals surface area contributed by atoms with Crippen molar-refractivity contribution in [2.75, 3.05) is 0 Å². The molecule has 2 atom stereocenters. The zero-order chi connectivity index (χ0) is 19.0. The van der Waals surface area contributed by atoms with E-state index in [1.165, 1.54) is 38.5 Å². The Morgan fingerprint density at radius 1 is 0.680 bits per heavy atom. The van der Waals surface area contributed by atoms with Gasteiger partial charge in [0.15, 0.2) is 0 Å². The van der Waals surface area contributed by atoms with E-state index in [4.69, 9.17) is 0 Å². The van der Waals surface area contributed by atoms with Gasteiger partial charge in [0.05, 0.1) is 11.4 Å². The number of hydrogen-bond acceptors (Lipinski definition) is 3. The summed E-state index contributed by atoms with van der Waals surface area (Å²) in [6, 6.07) is 0. The quantitative estimate of drug-likeness (QED) is 0.230. The molecule has 0 bridgehead atoms. The fraction of sp³-hybridized carbons (Fsp3) is 1.00. The second-order valence-electron chi connectivity index (χ2n) is 7.59. The molecule has 0 aliphatic heterocycles. The number of hydrogen-bond donors (Lipinski definition) is 2. The van der Waals surface area contributed by atoms with Crippen LogP contribution in [0.1, 0.15) is 117 Å². The van der Waals surface area contributed by atoms with Crippen LogP contribution in [-0.4, -0.2) is 29.4 Å². The highest BCUT2D eigenvalue weighted by Crippen LogP contribution is 2.18. The average molecular weight is 379 g/mol. The Morgan fingerprint density at radius 2 is 1.04 bits per heavy atom. The first-order chi connectivity index (χ1) is 11.9. The molecule has 0 saturated carbocycles. The zero-order valence-electron chi connectivity index (χ0n) is 16.6. The fourth-order valence-electron chi connectivity index (χ4n) is 3.29. The molecule has 0 amide bonds. The van der Waals surface area contributed by atoms with Gasteiger partial charge in [0.2, 0.25) is 0 Å². The normalized spacial score (nSPS) is 14.6. The summed E-state index contributed by atoms with van der Waals surface area (Å²) in [5.74, 6) is 0. The van der Waals surface area contributed by atoms with Gasteiger partial charge < -0.3 is 5.11 Å². The average Bonchev–Trinajstić information content (AvgIpc) is 2.52. The van der Waals surface area contributed by atoms with Gasteiger partial charge in [0.25, 0.3) is 10.1 Å². The standard InChI is InChI=1S/C20H42O4S/c1-3-4-13-17-20(25(22,23)24)18-15-12-10-8-6-5-7-9-11-14-16-19(2)21/h19-21H,3-18H2,1-2H3,(H,22,23,24). The van der Waals surface area contributed by atoms with E-state index in [1.807, 2.05) is 6.92 Å². The van der Waals surface area contributed by atoms with Crippen molar-refractivity contribution < 1.29 is 18.1 Å². The Labute approximate surface area is 156 Å². The maximum absolute atomic E-state index is 11.4. The lowest BCUT2D eigenvalue weighted by molar-refractivity contribution is 0.180. The molecular formula is C20H42O4S. The van der Waals surface area contributed by atoms with Crippen LogP contribution in [0.3, 0.4) is 0 Å². The molecule has 0 heterocycles. The molecule has 0 aromatic rings. The number of aliphatic hydroxyl groups excluding tert-OH is 1. The van der Waals surface area contributed by atoms with Gasteiger partial charge in [-0.3, -0.25) is 4.55 Å². The van der Waals surface area contributed by atoms with Crippen LogP contribution in [-0.2, 0) is 10.1 Å². The van der Waals surface area contributed by atoms with E-state index in [-0.39, 0.29) is 6.10 Å². The van der Waals surface area contributed by atoms with Crippen LogP contribution in [0.25, 0.3) is 0 Å². The molecule has 2 unspecified atom stereocenters. The largest absolute Gasteiger partial charge is 0.393 e. The van der Waals surface area contributed by atoms with Crippen LogP contribution in [0.4, 0.5) is 0 Å². The first-order valence-corrected chi connectivity index (χ1v) is 12.0. The van der Waals surface area contributed by atoms with Gasteiger partial charge in [-0.1, -0.05) is 90.4 Å². The van der Waals surface area contributed by atoms with Crippen molar-refractivity contribution in [3.8, 4) is 0 Å². The number of aliphatic hydroxyl groups is 1. The molecule has 0 radical (unpaired) electrons. The predicted molar refractivity (Wildman–Crippen MR) is 107 cm³/mol. The molecule has 25 heavy (non-hydrogen) atoms. The van der Waals surface area contributed by atoms with Crippen molar-refractivity contribution in [1.29, 1.82) is 0 Å². The van der Waals surface area contributed by atoms with Crippen molar-refractivity contribution >= 4 is 10.1 Å². The molecular weight excluding hydrogens is 336 g/mol. The minimum absolute atomic E-state index is 0.160. The summed E-state index contributed by atoms with van der Waals surface area (Å²) in [6.45, 7) is 3.95. The minimum Gasteiger partial charge on any atom is -0.393 e. The van der Waals surface area contributed by atoms with Crippen molar-refractivity contribution in [2.45, 2.75) is 128 Å². The molecule has 0 rings (SSSR count). The molecule has 0 fully saturated rings. The van der Waals surface area contributed by atoms with E-state index in [0.29, 0.717) is 12.8 Å². The highest BCUT2D eigenvalue weighted by Gasteiger charge is 2.21. The molecule has 5 heteroatoms. The Bertz CT molecular complexity index is 379. The van der Waals surface area contributed by atoms with Crippen LogP contribution in [0.5, 0.6) is 0 Å². The van der Waals surface area contributed by atoms with E-state index >= 15 is 0 Å². The zero-order valence-corrected chi connectivity index (χ0v) is 17.4. The van der Waals surface area contributed by atoms with Crippen LogP contribution in [0, 0.1) is 0 Å². The molecule has 0 aromatic carbocycles. The molecule has 4 nitrogen and oxygen atoms in total. The second-order valence-corrected chi connectivity index (χ2v) is 9.29. The second kappa shape index (κ2) is 16.1. The summed E-state index contributed by atoms with van der Waals surface area (Å²) >= 11 is 0. The molecule has 0 aromatic heterocycles. The molecule has 0 aliphatic rings. The summed E-state index contributed by atoms with van der Waals surface area (Å²) in [7, 11) is -3.88. The summed E-state index contributed by atoms with van der Waals surface area (Å²) < 4.78 is 32.2. The number of rotatable bonds is 18. The van der Waals surface area contributed by atoms with Crippen molar-refractivity contribution in [2.24, 2.45) is 0 Å². The van der Waals surface area contributed by atoms with Crippen molar-refractivity contribution in [3.05, 3.63) is 0 Å². The summed E-state index contributed by atoms with van der Waals surface area (Å²) in [5, 5.41) is 8.63. The number of unbranched alkanes of at least 4 members (excludes halogenated alkanes) is 11. The van der Waals surface area contributed by atoms with Crippen LogP contribution in [0.15, 0.2) is 0 Å². The molecule has 0 saturated heterocycles. The summed E-state index contributed by atoms with van der Waals surface area (Å²) in [5.41, 5.74) is 0. The highest BCUT2D eigenvalue weighted by molar-refractivity contribution is 7.86. The van der Waals surface area contributed by atoms with Crippen molar-refractivity contribution in [3.63, 3.8) is 0 Å². The third-order valence-corrected chi connectivity index (χ3v) is 6.26. The summed E-state index contributed by atoms with van der Waals surface area (Å²) in [4.78, 5) is 0. The van der Waals surface area contributed by atoms with Gasteiger partial charge in [-0.05, 0) is 26.2 Å². The Balaban J connectivity index is 3.51. The minimum atomic E-state index is -3.88. The lowest BCUT2D eigenvalue weighted by Crippen LogP contribution is -2.20. The highest BCUT2D eigenvalue weighted by atomic mass is 32.2. The lowest BCUT2D eigenvalue weighted by Gasteiger charge is -2.13. The molecule has 0 aliphatic carbocycles. The van der Waals surface area contributed by atoms with Gasteiger partial charge in [0.1, 0.15) is 0 Å².